The molecule has 7 nitrogen and oxygen atoms in total. The van der Waals surface area contributed by atoms with Crippen molar-refractivity contribution in [1.82, 2.24) is 4.90 Å². The lowest BCUT2D eigenvalue weighted by Gasteiger charge is -2.33. The summed E-state index contributed by atoms with van der Waals surface area (Å²) in [5, 5.41) is 0.0528. The molecular weight excluding hydrogens is 575 g/mol. The average molecular weight is 610 g/mol. The monoisotopic (exact) mass is 608 g/mol. The van der Waals surface area contributed by atoms with Crippen LogP contribution in [0, 0.1) is 5.82 Å². The summed E-state index contributed by atoms with van der Waals surface area (Å²) in [4.78, 5) is 19.0. The van der Waals surface area contributed by atoms with Crippen LogP contribution in [0.5, 0.6) is 0 Å². The summed E-state index contributed by atoms with van der Waals surface area (Å²) in [5.41, 5.74) is -2.04. The SMILES string of the molecule is CC(C)(C)OC(=O)N(COCC[Si](C)(C)C)C1=N[C@](C)(c2cc(Br)ccc2F)C=C(S(C)(=O)=O)S1. The summed E-state index contributed by atoms with van der Waals surface area (Å²) >= 11 is 4.15. The van der Waals surface area contributed by atoms with E-state index in [1.54, 1.807) is 39.8 Å². The van der Waals surface area contributed by atoms with Gasteiger partial charge >= 0.3 is 6.09 Å². The molecule has 1 atom stereocenters. The Morgan fingerprint density at radius 2 is 1.91 bits per heavy atom. The highest BCUT2D eigenvalue weighted by Gasteiger charge is 2.38. The third kappa shape index (κ3) is 8.99. The predicted molar refractivity (Wildman–Crippen MR) is 146 cm³/mol. The van der Waals surface area contributed by atoms with E-state index in [0.717, 1.165) is 24.1 Å². The second-order valence-corrected chi connectivity index (χ2v) is 20.5. The van der Waals surface area contributed by atoms with Gasteiger partial charge in [0.05, 0.1) is 0 Å². The Morgan fingerprint density at radius 1 is 1.29 bits per heavy atom. The van der Waals surface area contributed by atoms with Gasteiger partial charge in [-0.25, -0.2) is 27.5 Å². The maximum absolute atomic E-state index is 14.9. The largest absolute Gasteiger partial charge is 0.443 e. The molecule has 1 aliphatic rings. The number of rotatable bonds is 7. The molecule has 0 fully saturated rings. The Labute approximate surface area is 221 Å². The molecule has 0 aliphatic carbocycles. The number of ether oxygens (including phenoxy) is 2. The molecule has 1 amide bonds. The summed E-state index contributed by atoms with van der Waals surface area (Å²) < 4.78 is 52.0. The van der Waals surface area contributed by atoms with Crippen LogP contribution < -0.4 is 0 Å². The molecule has 0 spiro atoms. The lowest BCUT2D eigenvalue weighted by atomic mass is 9.92. The van der Waals surface area contributed by atoms with Gasteiger partial charge in [-0.2, -0.15) is 0 Å². The van der Waals surface area contributed by atoms with Gasteiger partial charge in [-0.1, -0.05) is 35.6 Å². The number of thioether (sulfide) groups is 1. The number of sulfone groups is 1. The van der Waals surface area contributed by atoms with Crippen molar-refractivity contribution in [2.75, 3.05) is 19.6 Å². The fourth-order valence-corrected chi connectivity index (χ4v) is 6.29. The van der Waals surface area contributed by atoms with Crippen LogP contribution in [-0.2, 0) is 24.8 Å². The number of amidine groups is 1. The van der Waals surface area contributed by atoms with E-state index in [-0.39, 0.29) is 21.7 Å². The Morgan fingerprint density at radius 3 is 2.46 bits per heavy atom. The molecule has 0 radical (unpaired) electrons. The van der Waals surface area contributed by atoms with Crippen LogP contribution in [0.25, 0.3) is 0 Å². The fourth-order valence-electron chi connectivity index (χ4n) is 2.96. The molecule has 35 heavy (non-hydrogen) atoms. The van der Waals surface area contributed by atoms with E-state index in [9.17, 15) is 17.6 Å². The van der Waals surface area contributed by atoms with E-state index < -0.39 is 41.0 Å². The summed E-state index contributed by atoms with van der Waals surface area (Å²) in [7, 11) is -5.08. The number of hydrogen-bond acceptors (Lipinski definition) is 7. The highest BCUT2D eigenvalue weighted by atomic mass is 79.9. The zero-order chi connectivity index (χ0) is 26.8. The molecule has 1 aromatic carbocycles. The van der Waals surface area contributed by atoms with Gasteiger partial charge in [0.1, 0.15) is 27.9 Å². The van der Waals surface area contributed by atoms with Crippen molar-refractivity contribution in [2.45, 2.75) is 64.5 Å². The van der Waals surface area contributed by atoms with E-state index in [1.807, 2.05) is 0 Å². The molecule has 0 N–H and O–H groups in total. The standard InChI is InChI=1S/C23H34BrFN2O5S2Si/c1-22(2,3)32-21(28)27(15-31-11-12-35(6,7)8)20-26-23(4,14-19(33-20)34(5,29)30)17-13-16(24)9-10-18(17)25/h9-10,13-14H,11-12,15H2,1-8H3/t23-/m0/s1. The van der Waals surface area contributed by atoms with Gasteiger partial charge in [0, 0.05) is 31.0 Å². The third-order valence-electron chi connectivity index (χ3n) is 4.82. The first-order valence-corrected chi connectivity index (χ1v) is 18.3. The summed E-state index contributed by atoms with van der Waals surface area (Å²) in [6.45, 7) is 13.7. The van der Waals surface area contributed by atoms with E-state index >= 15 is 0 Å². The molecule has 1 aliphatic heterocycles. The van der Waals surface area contributed by atoms with Crippen molar-refractivity contribution in [2.24, 2.45) is 4.99 Å². The van der Waals surface area contributed by atoms with Gasteiger partial charge in [-0.05, 0) is 69.8 Å². The van der Waals surface area contributed by atoms with E-state index in [4.69, 9.17) is 9.47 Å². The quantitative estimate of drug-likeness (QED) is 0.204. The molecule has 0 bridgehead atoms. The first kappa shape index (κ1) is 30.0. The van der Waals surface area contributed by atoms with Gasteiger partial charge in [0.15, 0.2) is 15.0 Å². The molecule has 0 saturated heterocycles. The average Bonchev–Trinajstić information content (AvgIpc) is 2.66. The minimum atomic E-state index is -3.70. The summed E-state index contributed by atoms with van der Waals surface area (Å²) in [6, 6.07) is 5.25. The minimum absolute atomic E-state index is 0.0416. The molecule has 0 saturated carbocycles. The van der Waals surface area contributed by atoms with Crippen molar-refractivity contribution >= 4 is 56.9 Å². The molecular formula is C23H34BrFN2O5S2Si. The maximum Gasteiger partial charge on any atom is 0.418 e. The first-order chi connectivity index (χ1) is 15.8. The van der Waals surface area contributed by atoms with Crippen molar-refractivity contribution in [3.63, 3.8) is 0 Å². The number of aliphatic imine (C=N–C) groups is 1. The van der Waals surface area contributed by atoms with E-state index in [0.29, 0.717) is 11.1 Å². The predicted octanol–water partition coefficient (Wildman–Crippen LogP) is 6.34. The molecule has 2 rings (SSSR count). The van der Waals surface area contributed by atoms with E-state index in [1.165, 1.54) is 17.0 Å². The first-order valence-electron chi connectivity index (χ1n) is 11.1. The number of nitrogens with zero attached hydrogens (tertiary/aromatic N) is 2. The lowest BCUT2D eigenvalue weighted by Crippen LogP contribution is -2.43. The molecule has 1 aromatic rings. The van der Waals surface area contributed by atoms with Crippen LogP contribution in [0.1, 0.15) is 33.3 Å². The van der Waals surface area contributed by atoms with Crippen LogP contribution in [0.3, 0.4) is 0 Å². The van der Waals surface area contributed by atoms with Gasteiger partial charge in [-0.15, -0.1) is 0 Å². The van der Waals surface area contributed by atoms with Gasteiger partial charge in [-0.3, -0.25) is 0 Å². The highest BCUT2D eigenvalue weighted by molar-refractivity contribution is 9.10. The van der Waals surface area contributed by atoms with Gasteiger partial charge in [0.25, 0.3) is 0 Å². The topological polar surface area (TPSA) is 85.3 Å². The van der Waals surface area contributed by atoms with Crippen molar-refractivity contribution in [3.05, 3.63) is 44.4 Å². The molecule has 0 aromatic heterocycles. The van der Waals surface area contributed by atoms with Gasteiger partial charge in [0.2, 0.25) is 0 Å². The normalized spacial score (nSPS) is 19.1. The Balaban J connectivity index is 2.56. The molecule has 196 valence electrons. The van der Waals surface area contributed by atoms with Crippen LogP contribution in [0.15, 0.2) is 38.0 Å². The van der Waals surface area contributed by atoms with Crippen molar-refractivity contribution < 1.29 is 27.1 Å². The zero-order valence-corrected chi connectivity index (χ0v) is 25.7. The number of carbonyl (C=O) groups excluding carboxylic acids is 1. The van der Waals surface area contributed by atoms with Crippen LogP contribution in [0.2, 0.25) is 25.7 Å². The number of hydrogen-bond donors (Lipinski definition) is 0. The number of amides is 1. The third-order valence-corrected chi connectivity index (χ3v) is 9.84. The second-order valence-electron chi connectivity index (χ2n) is 10.8. The summed E-state index contributed by atoms with van der Waals surface area (Å²) in [5.74, 6) is -0.551. The fraction of sp³-hybridized carbons (Fsp3) is 0.565. The summed E-state index contributed by atoms with van der Waals surface area (Å²) in [6.07, 6.45) is 1.73. The minimum Gasteiger partial charge on any atom is -0.443 e. The van der Waals surface area contributed by atoms with Crippen LogP contribution in [0.4, 0.5) is 9.18 Å². The Hall–Kier alpha value is -1.21. The number of benzene rings is 1. The molecule has 1 heterocycles. The second kappa shape index (κ2) is 11.0. The Bertz CT molecular complexity index is 1130. The van der Waals surface area contributed by atoms with Crippen molar-refractivity contribution in [1.29, 1.82) is 0 Å². The molecule has 12 heteroatoms. The van der Waals surface area contributed by atoms with Crippen LogP contribution >= 0.6 is 27.7 Å². The lowest BCUT2D eigenvalue weighted by molar-refractivity contribution is 0.0111. The van der Waals surface area contributed by atoms with Crippen molar-refractivity contribution in [3.8, 4) is 0 Å². The smallest absolute Gasteiger partial charge is 0.418 e. The highest BCUT2D eigenvalue weighted by Crippen LogP contribution is 2.41. The number of halogens is 2. The van der Waals surface area contributed by atoms with Crippen LogP contribution in [-0.4, -0.2) is 57.8 Å². The Kier molecular flexibility index (Phi) is 9.46. The van der Waals surface area contributed by atoms with E-state index in [2.05, 4.69) is 40.6 Å². The number of carbonyl (C=O) groups is 1. The zero-order valence-electron chi connectivity index (χ0n) is 21.4. The van der Waals surface area contributed by atoms with Gasteiger partial charge < -0.3 is 9.47 Å². The molecule has 0 unspecified atom stereocenters. The maximum atomic E-state index is 14.9.